The average molecular weight is 316 g/mol. The molecule has 23 heavy (non-hydrogen) atoms. The molecule has 0 unspecified atom stereocenters. The Hall–Kier alpha value is -2.37. The van der Waals surface area contributed by atoms with Gasteiger partial charge in [-0.2, -0.15) is 0 Å². The van der Waals surface area contributed by atoms with Gasteiger partial charge in [0.15, 0.2) is 0 Å². The highest BCUT2D eigenvalue weighted by molar-refractivity contribution is 5.98. The first-order valence-corrected chi connectivity index (χ1v) is 7.93. The van der Waals surface area contributed by atoms with E-state index in [4.69, 9.17) is 4.74 Å². The Morgan fingerprint density at radius 1 is 1.30 bits per heavy atom. The maximum Gasteiger partial charge on any atom is 0.416 e. The van der Waals surface area contributed by atoms with Gasteiger partial charge in [0.25, 0.3) is 0 Å². The van der Waals surface area contributed by atoms with Crippen LogP contribution in [0.15, 0.2) is 30.3 Å². The molecule has 2 saturated heterocycles. The number of carbonyl (C=O) groups excluding carboxylic acids is 3. The van der Waals surface area contributed by atoms with E-state index in [-0.39, 0.29) is 36.9 Å². The maximum atomic E-state index is 12.8. The molecule has 0 bridgehead atoms. The summed E-state index contributed by atoms with van der Waals surface area (Å²) in [5.74, 6) is -1.28. The molecule has 1 aromatic carbocycles. The van der Waals surface area contributed by atoms with Gasteiger partial charge in [0.05, 0.1) is 17.9 Å². The summed E-state index contributed by atoms with van der Waals surface area (Å²) < 4.78 is 5.09. The first-order chi connectivity index (χ1) is 11.1. The molecule has 0 radical (unpaired) electrons. The molecule has 6 heteroatoms. The minimum atomic E-state index is -0.606. The van der Waals surface area contributed by atoms with Crippen molar-refractivity contribution in [1.29, 1.82) is 0 Å². The predicted octanol–water partition coefficient (Wildman–Crippen LogP) is 1.35. The lowest BCUT2D eigenvalue weighted by Crippen LogP contribution is -2.45. The Morgan fingerprint density at radius 2 is 2.04 bits per heavy atom. The van der Waals surface area contributed by atoms with Crippen LogP contribution in [0.5, 0.6) is 0 Å². The summed E-state index contributed by atoms with van der Waals surface area (Å²) >= 11 is 0. The number of imide groups is 1. The molecule has 1 N–H and O–H groups in total. The molecular formula is C17H20N2O4. The maximum absolute atomic E-state index is 12.8. The minimum Gasteiger partial charge on any atom is -0.447 e. The van der Waals surface area contributed by atoms with Crippen molar-refractivity contribution in [2.45, 2.75) is 25.8 Å². The quantitative estimate of drug-likeness (QED) is 0.910. The Kier molecular flexibility index (Phi) is 4.32. The highest BCUT2D eigenvalue weighted by Crippen LogP contribution is 2.27. The Bertz CT molecular complexity index is 616. The van der Waals surface area contributed by atoms with E-state index in [1.54, 1.807) is 0 Å². The van der Waals surface area contributed by atoms with Crippen molar-refractivity contribution in [1.82, 2.24) is 10.2 Å². The van der Waals surface area contributed by atoms with Gasteiger partial charge < -0.3 is 10.1 Å². The van der Waals surface area contributed by atoms with Crippen molar-refractivity contribution in [2.24, 2.45) is 11.8 Å². The SMILES string of the molecule is CC[C@@H]1C(=O)NC[C@H]1C(=O)N1C(=O)OC[C@H]1Cc1ccccc1. The second-order valence-corrected chi connectivity index (χ2v) is 6.00. The van der Waals surface area contributed by atoms with Gasteiger partial charge in [-0.3, -0.25) is 9.59 Å². The van der Waals surface area contributed by atoms with E-state index in [0.29, 0.717) is 12.8 Å². The van der Waals surface area contributed by atoms with Crippen LogP contribution in [0.4, 0.5) is 4.79 Å². The molecule has 1 aromatic rings. The fraction of sp³-hybridized carbons (Fsp3) is 0.471. The van der Waals surface area contributed by atoms with Gasteiger partial charge in [-0.15, -0.1) is 0 Å². The van der Waals surface area contributed by atoms with E-state index in [1.807, 2.05) is 37.3 Å². The van der Waals surface area contributed by atoms with Crippen molar-refractivity contribution < 1.29 is 19.1 Å². The van der Waals surface area contributed by atoms with Crippen molar-refractivity contribution in [3.05, 3.63) is 35.9 Å². The number of ether oxygens (including phenoxy) is 1. The molecule has 3 atom stereocenters. The van der Waals surface area contributed by atoms with Crippen LogP contribution in [0.1, 0.15) is 18.9 Å². The molecule has 6 nitrogen and oxygen atoms in total. The highest BCUT2D eigenvalue weighted by atomic mass is 16.6. The molecule has 0 spiro atoms. The van der Waals surface area contributed by atoms with Crippen LogP contribution < -0.4 is 5.32 Å². The van der Waals surface area contributed by atoms with Gasteiger partial charge in [0, 0.05) is 6.54 Å². The van der Waals surface area contributed by atoms with Crippen LogP contribution in [0.2, 0.25) is 0 Å². The van der Waals surface area contributed by atoms with Gasteiger partial charge in [0.2, 0.25) is 11.8 Å². The van der Waals surface area contributed by atoms with Gasteiger partial charge in [-0.1, -0.05) is 37.3 Å². The number of hydrogen-bond acceptors (Lipinski definition) is 4. The molecule has 3 rings (SSSR count). The van der Waals surface area contributed by atoms with E-state index < -0.39 is 12.0 Å². The summed E-state index contributed by atoms with van der Waals surface area (Å²) in [5, 5.41) is 2.72. The fourth-order valence-electron chi connectivity index (χ4n) is 3.34. The lowest BCUT2D eigenvalue weighted by molar-refractivity contribution is -0.136. The number of amides is 3. The van der Waals surface area contributed by atoms with E-state index in [0.717, 1.165) is 5.56 Å². The van der Waals surface area contributed by atoms with Crippen LogP contribution in [0, 0.1) is 11.8 Å². The third-order valence-corrected chi connectivity index (χ3v) is 4.59. The third kappa shape index (κ3) is 2.93. The summed E-state index contributed by atoms with van der Waals surface area (Å²) in [6, 6.07) is 9.37. The summed E-state index contributed by atoms with van der Waals surface area (Å²) in [6.45, 7) is 2.36. The van der Waals surface area contributed by atoms with E-state index in [2.05, 4.69) is 5.32 Å². The highest BCUT2D eigenvalue weighted by Gasteiger charge is 2.46. The fourth-order valence-corrected chi connectivity index (χ4v) is 3.34. The molecule has 122 valence electrons. The van der Waals surface area contributed by atoms with Crippen LogP contribution in [-0.2, 0) is 20.7 Å². The monoisotopic (exact) mass is 316 g/mol. The second-order valence-electron chi connectivity index (χ2n) is 6.00. The standard InChI is InChI=1S/C17H20N2O4/c1-2-13-14(9-18-15(13)20)16(21)19-12(10-23-17(19)22)8-11-6-4-3-5-7-11/h3-7,12-14H,2,8-10H2,1H3,(H,18,20)/t12-,13+,14-/m1/s1. The Morgan fingerprint density at radius 3 is 2.74 bits per heavy atom. The average Bonchev–Trinajstić information content (AvgIpc) is 3.10. The summed E-state index contributed by atoms with van der Waals surface area (Å²) in [6.07, 6.45) is 0.530. The number of carbonyl (C=O) groups is 3. The smallest absolute Gasteiger partial charge is 0.416 e. The number of cyclic esters (lactones) is 1. The van der Waals surface area contributed by atoms with Gasteiger partial charge in [-0.05, 0) is 18.4 Å². The zero-order valence-corrected chi connectivity index (χ0v) is 13.0. The molecule has 0 aliphatic carbocycles. The summed E-state index contributed by atoms with van der Waals surface area (Å²) in [7, 11) is 0. The van der Waals surface area contributed by atoms with E-state index in [9.17, 15) is 14.4 Å². The summed E-state index contributed by atoms with van der Waals surface area (Å²) in [5.41, 5.74) is 1.04. The van der Waals surface area contributed by atoms with Crippen molar-refractivity contribution >= 4 is 17.9 Å². The Balaban J connectivity index is 1.77. The molecule has 3 amide bonds. The minimum absolute atomic E-state index is 0.113. The number of hydrogen-bond donors (Lipinski definition) is 1. The predicted molar refractivity (Wildman–Crippen MR) is 82.4 cm³/mol. The topological polar surface area (TPSA) is 75.7 Å². The first kappa shape index (κ1) is 15.5. The lowest BCUT2D eigenvalue weighted by Gasteiger charge is -2.24. The first-order valence-electron chi connectivity index (χ1n) is 7.93. The van der Waals surface area contributed by atoms with Crippen LogP contribution in [-0.4, -0.2) is 42.0 Å². The zero-order chi connectivity index (χ0) is 16.4. The van der Waals surface area contributed by atoms with Crippen molar-refractivity contribution in [3.8, 4) is 0 Å². The third-order valence-electron chi connectivity index (χ3n) is 4.59. The van der Waals surface area contributed by atoms with Gasteiger partial charge >= 0.3 is 6.09 Å². The van der Waals surface area contributed by atoms with Crippen molar-refractivity contribution in [2.75, 3.05) is 13.2 Å². The number of nitrogens with zero attached hydrogens (tertiary/aromatic N) is 1. The van der Waals surface area contributed by atoms with Crippen LogP contribution >= 0.6 is 0 Å². The molecule has 0 saturated carbocycles. The molecule has 2 heterocycles. The largest absolute Gasteiger partial charge is 0.447 e. The molecule has 0 aromatic heterocycles. The molecular weight excluding hydrogens is 296 g/mol. The van der Waals surface area contributed by atoms with Gasteiger partial charge in [0.1, 0.15) is 6.61 Å². The summed E-state index contributed by atoms with van der Waals surface area (Å²) in [4.78, 5) is 37.8. The molecule has 2 fully saturated rings. The molecule has 2 aliphatic rings. The zero-order valence-electron chi connectivity index (χ0n) is 13.0. The van der Waals surface area contributed by atoms with E-state index >= 15 is 0 Å². The van der Waals surface area contributed by atoms with Crippen LogP contribution in [0.25, 0.3) is 0 Å². The second kappa shape index (κ2) is 6.40. The van der Waals surface area contributed by atoms with Crippen molar-refractivity contribution in [3.63, 3.8) is 0 Å². The number of rotatable bonds is 4. The lowest BCUT2D eigenvalue weighted by atomic mass is 9.91. The van der Waals surface area contributed by atoms with Crippen LogP contribution in [0.3, 0.4) is 0 Å². The Labute approximate surface area is 134 Å². The number of benzene rings is 1. The molecule has 2 aliphatic heterocycles. The van der Waals surface area contributed by atoms with E-state index in [1.165, 1.54) is 4.90 Å². The van der Waals surface area contributed by atoms with Gasteiger partial charge in [-0.25, -0.2) is 9.69 Å². The normalized spacial score (nSPS) is 27.0. The number of nitrogens with one attached hydrogen (secondary N) is 1.